The van der Waals surface area contributed by atoms with Crippen molar-refractivity contribution < 1.29 is 0 Å². The van der Waals surface area contributed by atoms with E-state index in [1.807, 2.05) is 0 Å². The Hall–Kier alpha value is 0.177. The molecule has 3 radical (unpaired) electrons. The molecule has 0 spiro atoms. The van der Waals surface area contributed by atoms with Gasteiger partial charge >= 0.3 is 0 Å². The van der Waals surface area contributed by atoms with Crippen LogP contribution in [0.3, 0.4) is 0 Å². The Morgan fingerprint density at radius 2 is 1.67 bits per heavy atom. The van der Waals surface area contributed by atoms with E-state index in [0.717, 1.165) is 0 Å². The smallest absolute Gasteiger partial charge is 0.143 e. The van der Waals surface area contributed by atoms with Gasteiger partial charge in [-0.3, -0.25) is 0 Å². The van der Waals surface area contributed by atoms with Gasteiger partial charge in [0, 0.05) is 0 Å². The lowest BCUT2D eigenvalue weighted by atomic mass is 9.83. The maximum atomic E-state index is 3.52. The highest BCUT2D eigenvalue weighted by Crippen LogP contribution is 2.28. The van der Waals surface area contributed by atoms with Crippen LogP contribution in [0.5, 0.6) is 0 Å². The van der Waals surface area contributed by atoms with Gasteiger partial charge in [-0.25, -0.2) is 0 Å². The molecular weight excluding hydrogens is 126 g/mol. The van der Waals surface area contributed by atoms with Crippen molar-refractivity contribution in [1.82, 2.24) is 4.57 Å². The maximum Gasteiger partial charge on any atom is 0.143 e. The molecule has 1 nitrogen and oxygen atoms in total. The second-order valence-electron chi connectivity index (χ2n) is 3.65. The highest BCUT2D eigenvalue weighted by atomic mass is 28.2. The zero-order valence-corrected chi connectivity index (χ0v) is 7.28. The Morgan fingerprint density at radius 1 is 1.22 bits per heavy atom. The first kappa shape index (κ1) is 7.29. The minimum Gasteiger partial charge on any atom is -0.327 e. The van der Waals surface area contributed by atoms with Crippen molar-refractivity contribution in [3.63, 3.8) is 0 Å². The van der Waals surface area contributed by atoms with Gasteiger partial charge in [0.25, 0.3) is 0 Å². The van der Waals surface area contributed by atoms with E-state index in [1.165, 1.54) is 25.9 Å². The van der Waals surface area contributed by atoms with Crippen molar-refractivity contribution in [2.45, 2.75) is 26.7 Å². The summed E-state index contributed by atoms with van der Waals surface area (Å²) in [5, 5.41) is 0. The zero-order chi connectivity index (χ0) is 6.91. The first-order valence-electron chi connectivity index (χ1n) is 3.56. The predicted octanol–water partition coefficient (Wildman–Crippen LogP) is 1.19. The molecule has 51 valence electrons. The molecule has 9 heavy (non-hydrogen) atoms. The van der Waals surface area contributed by atoms with E-state index in [9.17, 15) is 0 Å². The Labute approximate surface area is 60.9 Å². The van der Waals surface area contributed by atoms with Gasteiger partial charge in [0.2, 0.25) is 0 Å². The predicted molar refractivity (Wildman–Crippen MR) is 40.3 cm³/mol. The molecule has 0 bridgehead atoms. The Morgan fingerprint density at radius 3 is 2.00 bits per heavy atom. The maximum absolute atomic E-state index is 3.52. The largest absolute Gasteiger partial charge is 0.327 e. The highest BCUT2D eigenvalue weighted by molar-refractivity contribution is 6.04. The highest BCUT2D eigenvalue weighted by Gasteiger charge is 2.22. The van der Waals surface area contributed by atoms with Crippen LogP contribution in [0.4, 0.5) is 0 Å². The summed E-state index contributed by atoms with van der Waals surface area (Å²) in [4.78, 5) is 0. The van der Waals surface area contributed by atoms with Crippen LogP contribution in [0.1, 0.15) is 26.7 Å². The van der Waals surface area contributed by atoms with E-state index >= 15 is 0 Å². The monoisotopic (exact) mass is 140 g/mol. The molecule has 1 aliphatic rings. The fraction of sp³-hybridized carbons (Fsp3) is 1.00. The number of hydrogen-bond donors (Lipinski definition) is 0. The Balaban J connectivity index is 2.35. The molecule has 0 saturated carbocycles. The topological polar surface area (TPSA) is 3.24 Å². The average Bonchev–Trinajstić information content (AvgIpc) is 1.78. The second kappa shape index (κ2) is 2.43. The third kappa shape index (κ3) is 2.10. The van der Waals surface area contributed by atoms with E-state index < -0.39 is 0 Å². The van der Waals surface area contributed by atoms with Crippen LogP contribution in [0, 0.1) is 5.41 Å². The van der Waals surface area contributed by atoms with Gasteiger partial charge in [-0.1, -0.05) is 13.8 Å². The van der Waals surface area contributed by atoms with Crippen LogP contribution in [-0.4, -0.2) is 28.1 Å². The summed E-state index contributed by atoms with van der Waals surface area (Å²) in [6.45, 7) is 7.08. The van der Waals surface area contributed by atoms with Crippen LogP contribution in [0.25, 0.3) is 0 Å². The summed E-state index contributed by atoms with van der Waals surface area (Å²) in [6, 6.07) is 0. The van der Waals surface area contributed by atoms with Crippen LogP contribution in [0.15, 0.2) is 0 Å². The van der Waals surface area contributed by atoms with Gasteiger partial charge < -0.3 is 4.57 Å². The fourth-order valence-electron chi connectivity index (χ4n) is 1.11. The normalized spacial score (nSPS) is 28.3. The molecule has 0 atom stereocenters. The molecular formula is C7H14NSi. The SMILES string of the molecule is CC1(C)CCN([Si])CC1. The minimum atomic E-state index is 0.586. The summed E-state index contributed by atoms with van der Waals surface area (Å²) in [7, 11) is 3.52. The van der Waals surface area contributed by atoms with E-state index in [-0.39, 0.29) is 0 Å². The van der Waals surface area contributed by atoms with Gasteiger partial charge in [-0.15, -0.1) is 0 Å². The van der Waals surface area contributed by atoms with Gasteiger partial charge in [-0.2, -0.15) is 0 Å². The number of hydrogen-bond acceptors (Lipinski definition) is 1. The van der Waals surface area contributed by atoms with E-state index in [4.69, 9.17) is 0 Å². The molecule has 0 aromatic rings. The fourth-order valence-corrected chi connectivity index (χ4v) is 1.34. The molecule has 1 fully saturated rings. The molecule has 0 N–H and O–H groups in total. The van der Waals surface area contributed by atoms with E-state index in [2.05, 4.69) is 28.8 Å². The van der Waals surface area contributed by atoms with Gasteiger partial charge in [0.05, 0.1) is 0 Å². The number of nitrogens with zero attached hydrogens (tertiary/aromatic N) is 1. The third-order valence-corrected chi connectivity index (χ3v) is 2.56. The van der Waals surface area contributed by atoms with Crippen molar-refractivity contribution in [2.75, 3.05) is 13.1 Å². The van der Waals surface area contributed by atoms with Gasteiger partial charge in [0.1, 0.15) is 10.4 Å². The van der Waals surface area contributed by atoms with E-state index in [1.54, 1.807) is 0 Å². The third-order valence-electron chi connectivity index (χ3n) is 2.12. The number of piperidine rings is 1. The minimum absolute atomic E-state index is 0.586. The van der Waals surface area contributed by atoms with E-state index in [0.29, 0.717) is 5.41 Å². The van der Waals surface area contributed by atoms with Crippen LogP contribution in [0.2, 0.25) is 0 Å². The van der Waals surface area contributed by atoms with Crippen molar-refractivity contribution in [1.29, 1.82) is 0 Å². The van der Waals surface area contributed by atoms with Crippen LogP contribution >= 0.6 is 0 Å². The molecule has 1 rings (SSSR count). The summed E-state index contributed by atoms with van der Waals surface area (Å²) < 4.78 is 2.21. The molecule has 1 saturated heterocycles. The molecule has 2 heteroatoms. The van der Waals surface area contributed by atoms with Crippen LogP contribution < -0.4 is 0 Å². The van der Waals surface area contributed by atoms with Crippen LogP contribution in [-0.2, 0) is 0 Å². The van der Waals surface area contributed by atoms with Crippen molar-refractivity contribution in [3.05, 3.63) is 0 Å². The average molecular weight is 140 g/mol. The summed E-state index contributed by atoms with van der Waals surface area (Å²) in [5.74, 6) is 0. The molecule has 1 heterocycles. The molecule has 0 aromatic carbocycles. The lowest BCUT2D eigenvalue weighted by Gasteiger charge is -2.34. The summed E-state index contributed by atoms with van der Waals surface area (Å²) in [6.07, 6.45) is 2.63. The Bertz CT molecular complexity index is 91.1. The van der Waals surface area contributed by atoms with Gasteiger partial charge in [-0.05, 0) is 31.3 Å². The van der Waals surface area contributed by atoms with Crippen molar-refractivity contribution in [3.8, 4) is 0 Å². The summed E-state index contributed by atoms with van der Waals surface area (Å²) >= 11 is 0. The van der Waals surface area contributed by atoms with Crippen molar-refractivity contribution in [2.24, 2.45) is 5.41 Å². The summed E-state index contributed by atoms with van der Waals surface area (Å²) in [5.41, 5.74) is 0.586. The quantitative estimate of drug-likeness (QED) is 0.457. The first-order valence-corrected chi connectivity index (χ1v) is 4.01. The molecule has 1 aliphatic heterocycles. The lowest BCUT2D eigenvalue weighted by molar-refractivity contribution is 0.199. The lowest BCUT2D eigenvalue weighted by Crippen LogP contribution is -2.35. The van der Waals surface area contributed by atoms with Gasteiger partial charge in [0.15, 0.2) is 0 Å². The zero-order valence-electron chi connectivity index (χ0n) is 6.28. The molecule has 0 aromatic heterocycles. The molecule has 0 amide bonds. The van der Waals surface area contributed by atoms with Crippen molar-refractivity contribution >= 4 is 10.4 Å². The number of rotatable bonds is 0. The molecule has 0 unspecified atom stereocenters. The molecule has 0 aliphatic carbocycles. The first-order chi connectivity index (χ1) is 4.10. The second-order valence-corrected chi connectivity index (χ2v) is 4.28. The Kier molecular flexibility index (Phi) is 1.96. The standard InChI is InChI=1S/C7H14NSi/c1-7(2)3-5-8(9)6-4-7/h3-6H2,1-2H3.